The van der Waals surface area contributed by atoms with Gasteiger partial charge in [0.1, 0.15) is 11.2 Å². The first-order valence-electron chi connectivity index (χ1n) is 11.0. The molecule has 1 N–H and O–H groups in total. The minimum Gasteiger partial charge on any atom is -0.548 e. The van der Waals surface area contributed by atoms with Crippen LogP contribution in [0.25, 0.3) is 21.9 Å². The predicted molar refractivity (Wildman–Crippen MR) is 126 cm³/mol. The Morgan fingerprint density at radius 2 is 1.71 bits per heavy atom. The standard InChI is InChI=1S/C27H27NO6/c1-14-17-11-19-20(27(3,4)5)13-33-23(19)15(2)24(17)34-26(32)18(14)12-21(29)28-22(25(30)31)16-9-7-6-8-10-16/h6-11,13,22H,12H2,1-5H3,(H,28,29)(H,30,31)/p-1/t22-/m1/s1. The van der Waals surface area contributed by atoms with E-state index in [0.717, 1.165) is 10.9 Å². The summed E-state index contributed by atoms with van der Waals surface area (Å²) in [5.41, 5.74) is 3.16. The molecule has 0 bridgehead atoms. The number of rotatable bonds is 5. The lowest BCUT2D eigenvalue weighted by molar-refractivity contribution is -0.308. The number of fused-ring (bicyclic) bond motifs is 2. The van der Waals surface area contributed by atoms with Gasteiger partial charge < -0.3 is 24.1 Å². The van der Waals surface area contributed by atoms with Gasteiger partial charge in [0.05, 0.1) is 30.3 Å². The maximum atomic E-state index is 12.8. The second-order valence-corrected chi connectivity index (χ2v) is 9.55. The number of carboxylic acid groups (broad SMARTS) is 1. The van der Waals surface area contributed by atoms with Crippen molar-refractivity contribution in [3.63, 3.8) is 0 Å². The third-order valence-corrected chi connectivity index (χ3v) is 6.16. The van der Waals surface area contributed by atoms with E-state index >= 15 is 0 Å². The monoisotopic (exact) mass is 460 g/mol. The Morgan fingerprint density at radius 3 is 2.32 bits per heavy atom. The van der Waals surface area contributed by atoms with Gasteiger partial charge in [-0.25, -0.2) is 4.79 Å². The van der Waals surface area contributed by atoms with Gasteiger partial charge in [0, 0.05) is 21.9 Å². The van der Waals surface area contributed by atoms with Crippen LogP contribution in [0.4, 0.5) is 0 Å². The van der Waals surface area contributed by atoms with Crippen molar-refractivity contribution < 1.29 is 23.5 Å². The molecule has 0 saturated heterocycles. The van der Waals surface area contributed by atoms with Gasteiger partial charge in [-0.15, -0.1) is 0 Å². The van der Waals surface area contributed by atoms with Crippen LogP contribution in [0.5, 0.6) is 0 Å². The molecule has 4 rings (SSSR count). The van der Waals surface area contributed by atoms with Crippen molar-refractivity contribution in [1.82, 2.24) is 5.32 Å². The van der Waals surface area contributed by atoms with E-state index in [0.29, 0.717) is 33.2 Å². The van der Waals surface area contributed by atoms with Crippen molar-refractivity contribution in [2.24, 2.45) is 0 Å². The van der Waals surface area contributed by atoms with E-state index in [4.69, 9.17) is 8.83 Å². The Bertz CT molecular complexity index is 1470. The number of carbonyl (C=O) groups excluding carboxylic acids is 2. The average Bonchev–Trinajstić information content (AvgIpc) is 3.21. The molecule has 0 radical (unpaired) electrons. The lowest BCUT2D eigenvalue weighted by Crippen LogP contribution is -2.42. The summed E-state index contributed by atoms with van der Waals surface area (Å²) in [6.45, 7) is 9.86. The molecule has 0 spiro atoms. The van der Waals surface area contributed by atoms with E-state index in [1.807, 2.05) is 13.0 Å². The van der Waals surface area contributed by atoms with Gasteiger partial charge in [-0.2, -0.15) is 0 Å². The summed E-state index contributed by atoms with van der Waals surface area (Å²) in [6.07, 6.45) is 1.40. The van der Waals surface area contributed by atoms with E-state index < -0.39 is 23.5 Å². The second kappa shape index (κ2) is 8.48. The molecular formula is C27H26NO6-. The minimum absolute atomic E-state index is 0.158. The van der Waals surface area contributed by atoms with Gasteiger partial charge in [0.15, 0.2) is 0 Å². The lowest BCUT2D eigenvalue weighted by Gasteiger charge is -2.20. The Labute approximate surface area is 196 Å². The summed E-state index contributed by atoms with van der Waals surface area (Å²) in [4.78, 5) is 37.2. The fourth-order valence-corrected chi connectivity index (χ4v) is 4.28. The zero-order valence-electron chi connectivity index (χ0n) is 19.8. The van der Waals surface area contributed by atoms with Crippen molar-refractivity contribution in [3.8, 4) is 0 Å². The van der Waals surface area contributed by atoms with Crippen molar-refractivity contribution in [3.05, 3.63) is 80.9 Å². The third-order valence-electron chi connectivity index (χ3n) is 6.16. The van der Waals surface area contributed by atoms with E-state index in [-0.39, 0.29) is 17.4 Å². The molecule has 176 valence electrons. The summed E-state index contributed by atoms with van der Waals surface area (Å²) in [7, 11) is 0. The third kappa shape index (κ3) is 4.09. The molecule has 7 nitrogen and oxygen atoms in total. The normalized spacial score (nSPS) is 12.7. The second-order valence-electron chi connectivity index (χ2n) is 9.55. The van der Waals surface area contributed by atoms with Crippen LogP contribution in [-0.2, 0) is 21.4 Å². The Hall–Kier alpha value is -3.87. The molecule has 1 amide bonds. The van der Waals surface area contributed by atoms with Gasteiger partial charge >= 0.3 is 5.63 Å². The van der Waals surface area contributed by atoms with Crippen LogP contribution in [-0.4, -0.2) is 11.9 Å². The van der Waals surface area contributed by atoms with Crippen LogP contribution in [0.2, 0.25) is 0 Å². The Balaban J connectivity index is 1.76. The van der Waals surface area contributed by atoms with Crippen LogP contribution in [0.15, 0.2) is 56.3 Å². The number of benzene rings is 2. The summed E-state index contributed by atoms with van der Waals surface area (Å²) < 4.78 is 11.4. The molecule has 0 saturated carbocycles. The highest BCUT2D eigenvalue weighted by molar-refractivity contribution is 6.00. The maximum absolute atomic E-state index is 12.8. The van der Waals surface area contributed by atoms with Crippen LogP contribution in [0.1, 0.15) is 54.6 Å². The number of furan rings is 1. The van der Waals surface area contributed by atoms with Crippen LogP contribution in [0.3, 0.4) is 0 Å². The SMILES string of the molecule is Cc1c(CC(=O)N[C@@H](C(=O)[O-])c2ccccc2)c(=O)oc2c(C)c3occ(C(C)(C)C)c3cc12. The zero-order valence-corrected chi connectivity index (χ0v) is 19.8. The summed E-state index contributed by atoms with van der Waals surface area (Å²) in [5.74, 6) is -2.06. The Kier molecular flexibility index (Phi) is 5.81. The number of carboxylic acids is 1. The number of hydrogen-bond donors (Lipinski definition) is 1. The number of hydrogen-bond acceptors (Lipinski definition) is 6. The maximum Gasteiger partial charge on any atom is 0.340 e. The van der Waals surface area contributed by atoms with Crippen molar-refractivity contribution in [2.45, 2.75) is 52.5 Å². The number of aryl methyl sites for hydroxylation is 2. The van der Waals surface area contributed by atoms with E-state index in [9.17, 15) is 19.5 Å². The van der Waals surface area contributed by atoms with Crippen molar-refractivity contribution >= 4 is 33.8 Å². The average molecular weight is 461 g/mol. The molecule has 2 aromatic carbocycles. The molecule has 0 unspecified atom stereocenters. The molecule has 34 heavy (non-hydrogen) atoms. The molecule has 0 aliphatic carbocycles. The predicted octanol–water partition coefficient (Wildman–Crippen LogP) is 3.60. The summed E-state index contributed by atoms with van der Waals surface area (Å²) >= 11 is 0. The minimum atomic E-state index is -1.44. The molecule has 0 aliphatic heterocycles. The van der Waals surface area contributed by atoms with Gasteiger partial charge in [0.25, 0.3) is 0 Å². The smallest absolute Gasteiger partial charge is 0.340 e. The zero-order chi connectivity index (χ0) is 24.8. The molecule has 1 atom stereocenters. The van der Waals surface area contributed by atoms with Crippen LogP contribution < -0.4 is 16.0 Å². The number of aliphatic carboxylic acids is 1. The quantitative estimate of drug-likeness (QED) is 0.455. The topological polar surface area (TPSA) is 113 Å². The molecule has 0 aliphatic rings. The molecule has 4 aromatic rings. The molecular weight excluding hydrogens is 434 g/mol. The molecule has 0 fully saturated rings. The number of carbonyl (C=O) groups is 2. The number of amides is 1. The molecule has 2 aromatic heterocycles. The van der Waals surface area contributed by atoms with Gasteiger partial charge in [-0.1, -0.05) is 51.1 Å². The van der Waals surface area contributed by atoms with E-state index in [1.54, 1.807) is 43.5 Å². The first kappa shape index (κ1) is 23.3. The highest BCUT2D eigenvalue weighted by atomic mass is 16.4. The fourth-order valence-electron chi connectivity index (χ4n) is 4.28. The summed E-state index contributed by atoms with van der Waals surface area (Å²) in [6, 6.07) is 8.85. The van der Waals surface area contributed by atoms with Crippen LogP contribution in [0, 0.1) is 13.8 Å². The fraction of sp³-hybridized carbons (Fsp3) is 0.296. The molecule has 2 heterocycles. The van der Waals surface area contributed by atoms with Gasteiger partial charge in [0.2, 0.25) is 5.91 Å². The summed E-state index contributed by atoms with van der Waals surface area (Å²) in [5, 5.41) is 15.7. The highest BCUT2D eigenvalue weighted by Gasteiger charge is 2.24. The van der Waals surface area contributed by atoms with E-state index in [2.05, 4.69) is 26.1 Å². The number of nitrogens with one attached hydrogen (secondary N) is 1. The van der Waals surface area contributed by atoms with Gasteiger partial charge in [-0.3, -0.25) is 4.79 Å². The van der Waals surface area contributed by atoms with Gasteiger partial charge in [-0.05, 0) is 36.5 Å². The largest absolute Gasteiger partial charge is 0.548 e. The van der Waals surface area contributed by atoms with Crippen molar-refractivity contribution in [2.75, 3.05) is 0 Å². The first-order valence-corrected chi connectivity index (χ1v) is 11.0. The highest BCUT2D eigenvalue weighted by Crippen LogP contribution is 2.37. The molecule has 7 heteroatoms. The van der Waals surface area contributed by atoms with Crippen molar-refractivity contribution in [1.29, 1.82) is 0 Å². The van der Waals surface area contributed by atoms with E-state index in [1.165, 1.54) is 0 Å². The van der Waals surface area contributed by atoms with Crippen LogP contribution >= 0.6 is 0 Å². The lowest BCUT2D eigenvalue weighted by atomic mass is 9.86. The first-order chi connectivity index (χ1) is 16.0. The Morgan fingerprint density at radius 1 is 1.03 bits per heavy atom.